The number of pyridine rings is 1. The van der Waals surface area contributed by atoms with E-state index in [4.69, 9.17) is 20.8 Å². The maximum absolute atomic E-state index is 6.24. The van der Waals surface area contributed by atoms with Gasteiger partial charge in [0.05, 0.1) is 11.2 Å². The van der Waals surface area contributed by atoms with Crippen molar-refractivity contribution < 1.29 is 9.31 Å². The molecule has 3 rings (SSSR count). The van der Waals surface area contributed by atoms with Crippen LogP contribution in [-0.4, -0.2) is 23.3 Å². The van der Waals surface area contributed by atoms with Crippen molar-refractivity contribution >= 4 is 18.4 Å². The Labute approximate surface area is 120 Å². The molecule has 6 heteroatoms. The van der Waals surface area contributed by atoms with Crippen molar-refractivity contribution in [2.45, 2.75) is 57.3 Å². The normalized spacial score (nSPS) is 25.8. The summed E-state index contributed by atoms with van der Waals surface area (Å²) in [6.45, 7) is 8.13. The Balaban J connectivity index is 1.93. The Kier molecular flexibility index (Phi) is 2.75. The molecule has 1 aromatic rings. The lowest BCUT2D eigenvalue weighted by molar-refractivity contribution is 0.00578. The molecule has 2 heterocycles. The largest absolute Gasteiger partial charge is 0.496 e. The molecule has 1 aliphatic heterocycles. The Morgan fingerprint density at radius 2 is 1.70 bits per heavy atom. The number of aromatic nitrogens is 1. The first-order valence-corrected chi connectivity index (χ1v) is 7.05. The van der Waals surface area contributed by atoms with Gasteiger partial charge in [-0.3, -0.25) is 0 Å². The fraction of sp³-hybridized carbons (Fsp3) is 0.643. The van der Waals surface area contributed by atoms with Crippen LogP contribution in [0.2, 0.25) is 0 Å². The maximum atomic E-state index is 6.24. The second kappa shape index (κ2) is 3.96. The summed E-state index contributed by atoms with van der Waals surface area (Å²) in [7, 11) is -0.422. The van der Waals surface area contributed by atoms with Gasteiger partial charge in [0, 0.05) is 22.8 Å². The zero-order chi connectivity index (χ0) is 14.8. The van der Waals surface area contributed by atoms with Crippen LogP contribution in [0, 0.1) is 0 Å². The number of nitrogens with two attached hydrogens (primary N) is 2. The van der Waals surface area contributed by atoms with Crippen molar-refractivity contribution in [2.24, 2.45) is 5.73 Å². The summed E-state index contributed by atoms with van der Waals surface area (Å²) in [5.41, 5.74) is 12.9. The molecule has 1 saturated carbocycles. The van der Waals surface area contributed by atoms with Crippen LogP contribution in [0.3, 0.4) is 0 Å². The zero-order valence-electron chi connectivity index (χ0n) is 12.6. The summed E-state index contributed by atoms with van der Waals surface area (Å²) in [5.74, 6) is 0.505. The summed E-state index contributed by atoms with van der Waals surface area (Å²) >= 11 is 0. The average molecular weight is 275 g/mol. The molecule has 108 valence electrons. The number of hydrogen-bond donors (Lipinski definition) is 2. The number of hydrogen-bond acceptors (Lipinski definition) is 5. The van der Waals surface area contributed by atoms with Gasteiger partial charge in [0.2, 0.25) is 0 Å². The quantitative estimate of drug-likeness (QED) is 0.784. The van der Waals surface area contributed by atoms with Crippen molar-refractivity contribution in [1.82, 2.24) is 4.98 Å². The Morgan fingerprint density at radius 3 is 2.20 bits per heavy atom. The van der Waals surface area contributed by atoms with Crippen LogP contribution in [0.5, 0.6) is 0 Å². The van der Waals surface area contributed by atoms with Crippen molar-refractivity contribution in [3.63, 3.8) is 0 Å². The molecule has 0 atom stereocenters. The highest BCUT2D eigenvalue weighted by Gasteiger charge is 2.52. The molecule has 0 amide bonds. The maximum Gasteiger partial charge on any atom is 0.496 e. The third-order valence-corrected chi connectivity index (χ3v) is 4.79. The number of nitrogen functional groups attached to an aromatic ring is 1. The van der Waals surface area contributed by atoms with E-state index in [1.54, 1.807) is 6.20 Å². The van der Waals surface area contributed by atoms with Crippen LogP contribution in [0.1, 0.15) is 46.1 Å². The molecule has 1 saturated heterocycles. The standard InChI is InChI=1S/C14H22BN3O2/c1-12(2)13(3,4)20-15(19-12)9-7-10(11(16)18-8-9)14(17)5-6-14/h7-8H,5-6,17H2,1-4H3,(H2,16,18). The second-order valence-corrected chi connectivity index (χ2v) is 6.95. The predicted octanol–water partition coefficient (Wildman–Crippen LogP) is 0.911. The van der Waals surface area contributed by atoms with Crippen molar-refractivity contribution in [3.05, 3.63) is 17.8 Å². The number of anilines is 1. The minimum absolute atomic E-state index is 0.309. The van der Waals surface area contributed by atoms with Gasteiger partial charge in [-0.05, 0) is 40.5 Å². The summed E-state index contributed by atoms with van der Waals surface area (Å²) in [6, 6.07) is 1.98. The summed E-state index contributed by atoms with van der Waals surface area (Å²) in [6.07, 6.45) is 3.62. The lowest BCUT2D eigenvalue weighted by atomic mass is 9.79. The van der Waals surface area contributed by atoms with E-state index in [9.17, 15) is 0 Å². The molecular formula is C14H22BN3O2. The van der Waals surface area contributed by atoms with Crippen molar-refractivity contribution in [1.29, 1.82) is 0 Å². The van der Waals surface area contributed by atoms with E-state index in [1.165, 1.54) is 0 Å². The van der Waals surface area contributed by atoms with E-state index in [2.05, 4.69) is 4.98 Å². The third-order valence-electron chi connectivity index (χ3n) is 4.79. The fourth-order valence-electron chi connectivity index (χ4n) is 2.40. The zero-order valence-corrected chi connectivity index (χ0v) is 12.6. The van der Waals surface area contributed by atoms with Gasteiger partial charge in [-0.25, -0.2) is 4.98 Å². The third kappa shape index (κ3) is 2.03. The molecule has 0 bridgehead atoms. The lowest BCUT2D eigenvalue weighted by Gasteiger charge is -2.32. The number of nitrogens with zero attached hydrogens (tertiary/aromatic N) is 1. The minimum atomic E-state index is -0.422. The molecule has 0 unspecified atom stereocenters. The lowest BCUT2D eigenvalue weighted by Crippen LogP contribution is -2.41. The molecule has 4 N–H and O–H groups in total. The van der Waals surface area contributed by atoms with Gasteiger partial charge >= 0.3 is 7.12 Å². The first-order chi connectivity index (χ1) is 9.15. The molecule has 1 aliphatic carbocycles. The van der Waals surface area contributed by atoms with Crippen molar-refractivity contribution in [2.75, 3.05) is 5.73 Å². The highest BCUT2D eigenvalue weighted by atomic mass is 16.7. The summed E-state index contributed by atoms with van der Waals surface area (Å²) < 4.78 is 12.1. The fourth-order valence-corrected chi connectivity index (χ4v) is 2.40. The van der Waals surface area contributed by atoms with Gasteiger partial charge in [-0.1, -0.05) is 6.07 Å². The monoisotopic (exact) mass is 275 g/mol. The molecule has 2 fully saturated rings. The molecule has 0 spiro atoms. The first kappa shape index (κ1) is 13.9. The van der Waals surface area contributed by atoms with Gasteiger partial charge in [0.1, 0.15) is 5.82 Å². The van der Waals surface area contributed by atoms with E-state index in [0.29, 0.717) is 5.82 Å². The van der Waals surface area contributed by atoms with Crippen LogP contribution >= 0.6 is 0 Å². The van der Waals surface area contributed by atoms with Gasteiger partial charge < -0.3 is 20.8 Å². The van der Waals surface area contributed by atoms with E-state index in [0.717, 1.165) is 23.9 Å². The molecule has 1 aromatic heterocycles. The Morgan fingerprint density at radius 1 is 1.15 bits per heavy atom. The van der Waals surface area contributed by atoms with Gasteiger partial charge in [0.25, 0.3) is 0 Å². The molecular weight excluding hydrogens is 253 g/mol. The molecule has 0 radical (unpaired) electrons. The highest BCUT2D eigenvalue weighted by molar-refractivity contribution is 6.62. The highest BCUT2D eigenvalue weighted by Crippen LogP contribution is 2.44. The second-order valence-electron chi connectivity index (χ2n) is 6.95. The van der Waals surface area contributed by atoms with Crippen LogP contribution in [0.15, 0.2) is 12.3 Å². The van der Waals surface area contributed by atoms with Crippen molar-refractivity contribution in [3.8, 4) is 0 Å². The predicted molar refractivity (Wildman–Crippen MR) is 79.5 cm³/mol. The van der Waals surface area contributed by atoms with E-state index in [1.807, 2.05) is 33.8 Å². The summed E-state index contributed by atoms with van der Waals surface area (Å²) in [5, 5.41) is 0. The molecule has 0 aromatic carbocycles. The van der Waals surface area contributed by atoms with E-state index < -0.39 is 7.12 Å². The Hall–Kier alpha value is -1.11. The average Bonchev–Trinajstić information content (AvgIpc) is 3.02. The van der Waals surface area contributed by atoms with Crippen LogP contribution in [-0.2, 0) is 14.8 Å². The SMILES string of the molecule is CC1(C)OB(c2cnc(N)c(C3(N)CC3)c2)OC1(C)C. The molecule has 2 aliphatic rings. The smallest absolute Gasteiger partial charge is 0.399 e. The van der Waals surface area contributed by atoms with Crippen LogP contribution < -0.4 is 16.9 Å². The first-order valence-electron chi connectivity index (χ1n) is 7.05. The van der Waals surface area contributed by atoms with E-state index in [-0.39, 0.29) is 16.7 Å². The minimum Gasteiger partial charge on any atom is -0.399 e. The summed E-state index contributed by atoms with van der Waals surface area (Å²) in [4.78, 5) is 4.26. The van der Waals surface area contributed by atoms with Crippen LogP contribution in [0.4, 0.5) is 5.82 Å². The van der Waals surface area contributed by atoms with Gasteiger partial charge in [-0.2, -0.15) is 0 Å². The molecule has 5 nitrogen and oxygen atoms in total. The van der Waals surface area contributed by atoms with E-state index >= 15 is 0 Å². The topological polar surface area (TPSA) is 83.4 Å². The number of rotatable bonds is 2. The van der Waals surface area contributed by atoms with Gasteiger partial charge in [0.15, 0.2) is 0 Å². The van der Waals surface area contributed by atoms with Crippen LogP contribution in [0.25, 0.3) is 0 Å². The molecule has 20 heavy (non-hydrogen) atoms. The van der Waals surface area contributed by atoms with Gasteiger partial charge in [-0.15, -0.1) is 0 Å². The Bertz CT molecular complexity index is 539.